The summed E-state index contributed by atoms with van der Waals surface area (Å²) in [5.41, 5.74) is 0. The molecule has 14 heavy (non-hydrogen) atoms. The van der Waals surface area contributed by atoms with Crippen LogP contribution in [0.4, 0.5) is 0 Å². The molecule has 3 nitrogen and oxygen atoms in total. The van der Waals surface area contributed by atoms with Gasteiger partial charge in [-0.2, -0.15) is 0 Å². The van der Waals surface area contributed by atoms with Gasteiger partial charge in [-0.15, -0.1) is 0 Å². The third-order valence-electron chi connectivity index (χ3n) is 2.60. The number of hydrogen-bond donors (Lipinski definition) is 1. The molecule has 0 saturated carbocycles. The summed E-state index contributed by atoms with van der Waals surface area (Å²) in [5.74, 6) is 0. The van der Waals surface area contributed by atoms with E-state index in [1.807, 2.05) is 6.92 Å². The first-order valence-electron chi connectivity index (χ1n) is 5.82. The van der Waals surface area contributed by atoms with Crippen LogP contribution in [0, 0.1) is 0 Å². The van der Waals surface area contributed by atoms with Crippen LogP contribution >= 0.6 is 0 Å². The maximum Gasteiger partial charge on any atom is 0.0700 e. The maximum absolute atomic E-state index is 5.47. The van der Waals surface area contributed by atoms with Gasteiger partial charge in [-0.25, -0.2) is 0 Å². The van der Waals surface area contributed by atoms with Crippen molar-refractivity contribution in [2.24, 2.45) is 0 Å². The highest BCUT2D eigenvalue weighted by atomic mass is 16.5. The summed E-state index contributed by atoms with van der Waals surface area (Å²) in [5, 5.41) is 3.51. The van der Waals surface area contributed by atoms with Crippen molar-refractivity contribution >= 4 is 0 Å². The van der Waals surface area contributed by atoms with E-state index in [-0.39, 0.29) is 0 Å². The summed E-state index contributed by atoms with van der Waals surface area (Å²) in [4.78, 5) is 0. The molecule has 0 aromatic carbocycles. The number of rotatable bonds is 7. The molecule has 0 bridgehead atoms. The van der Waals surface area contributed by atoms with Crippen LogP contribution in [-0.4, -0.2) is 39.0 Å². The van der Waals surface area contributed by atoms with E-state index in [9.17, 15) is 0 Å². The van der Waals surface area contributed by atoms with Crippen molar-refractivity contribution in [1.82, 2.24) is 5.32 Å². The van der Waals surface area contributed by atoms with E-state index in [2.05, 4.69) is 5.32 Å². The largest absolute Gasteiger partial charge is 0.379 e. The Kier molecular flexibility index (Phi) is 7.01. The third kappa shape index (κ3) is 5.58. The number of piperidine rings is 1. The Morgan fingerprint density at radius 2 is 2.00 bits per heavy atom. The highest BCUT2D eigenvalue weighted by Gasteiger charge is 2.11. The van der Waals surface area contributed by atoms with Gasteiger partial charge in [-0.3, -0.25) is 0 Å². The van der Waals surface area contributed by atoms with Gasteiger partial charge < -0.3 is 14.8 Å². The average Bonchev–Trinajstić information content (AvgIpc) is 2.25. The molecule has 3 heteroatoms. The lowest BCUT2D eigenvalue weighted by atomic mass is 10.0. The summed E-state index contributed by atoms with van der Waals surface area (Å²) in [7, 11) is 0. The third-order valence-corrected chi connectivity index (χ3v) is 2.60. The first-order valence-corrected chi connectivity index (χ1v) is 5.82. The number of ether oxygens (including phenoxy) is 2. The standard InChI is InChI=1S/C11H23NO2/c1-2-13-9-10-14-8-6-11-5-3-4-7-12-11/h11-12H,2-10H2,1H3/t11-/m1/s1. The fourth-order valence-corrected chi connectivity index (χ4v) is 1.76. The normalized spacial score (nSPS) is 22.5. The van der Waals surface area contributed by atoms with E-state index >= 15 is 0 Å². The van der Waals surface area contributed by atoms with Gasteiger partial charge in [-0.1, -0.05) is 6.42 Å². The van der Waals surface area contributed by atoms with E-state index < -0.39 is 0 Å². The lowest BCUT2D eigenvalue weighted by Crippen LogP contribution is -2.34. The smallest absolute Gasteiger partial charge is 0.0700 e. The van der Waals surface area contributed by atoms with Crippen LogP contribution in [0.25, 0.3) is 0 Å². The molecule has 1 aliphatic rings. The molecule has 0 aromatic heterocycles. The van der Waals surface area contributed by atoms with E-state index in [0.717, 1.165) is 32.8 Å². The van der Waals surface area contributed by atoms with Crippen molar-refractivity contribution in [3.8, 4) is 0 Å². The first kappa shape index (κ1) is 12.0. The molecule has 1 aliphatic heterocycles. The van der Waals surface area contributed by atoms with Crippen LogP contribution < -0.4 is 5.32 Å². The second kappa shape index (κ2) is 8.21. The fraction of sp³-hybridized carbons (Fsp3) is 1.00. The molecule has 1 saturated heterocycles. The average molecular weight is 201 g/mol. The molecular weight excluding hydrogens is 178 g/mol. The van der Waals surface area contributed by atoms with Gasteiger partial charge in [0.2, 0.25) is 0 Å². The molecule has 0 spiro atoms. The topological polar surface area (TPSA) is 30.5 Å². The van der Waals surface area contributed by atoms with E-state index in [4.69, 9.17) is 9.47 Å². The Labute approximate surface area is 87.2 Å². The Balaban J connectivity index is 1.82. The van der Waals surface area contributed by atoms with Crippen molar-refractivity contribution in [1.29, 1.82) is 0 Å². The zero-order chi connectivity index (χ0) is 10.1. The summed E-state index contributed by atoms with van der Waals surface area (Å²) in [6, 6.07) is 0.691. The van der Waals surface area contributed by atoms with Crippen LogP contribution in [0.15, 0.2) is 0 Å². The highest BCUT2D eigenvalue weighted by molar-refractivity contribution is 4.71. The van der Waals surface area contributed by atoms with Gasteiger partial charge >= 0.3 is 0 Å². The number of nitrogens with one attached hydrogen (secondary N) is 1. The molecule has 1 atom stereocenters. The van der Waals surface area contributed by atoms with Crippen molar-refractivity contribution in [3.05, 3.63) is 0 Å². The van der Waals surface area contributed by atoms with Crippen LogP contribution in [0.3, 0.4) is 0 Å². The van der Waals surface area contributed by atoms with Gasteiger partial charge in [0.1, 0.15) is 0 Å². The summed E-state index contributed by atoms with van der Waals surface area (Å²) < 4.78 is 10.7. The summed E-state index contributed by atoms with van der Waals surface area (Å²) in [6.07, 6.45) is 5.17. The summed E-state index contributed by atoms with van der Waals surface area (Å²) in [6.45, 7) is 6.31. The Hall–Kier alpha value is -0.120. The van der Waals surface area contributed by atoms with Crippen LogP contribution in [0.5, 0.6) is 0 Å². The minimum Gasteiger partial charge on any atom is -0.379 e. The Morgan fingerprint density at radius 1 is 1.14 bits per heavy atom. The molecule has 0 amide bonds. The predicted octanol–water partition coefficient (Wildman–Crippen LogP) is 1.57. The molecule has 0 radical (unpaired) electrons. The van der Waals surface area contributed by atoms with Gasteiger partial charge in [-0.05, 0) is 32.7 Å². The van der Waals surface area contributed by atoms with Gasteiger partial charge in [0.05, 0.1) is 13.2 Å². The molecule has 1 fully saturated rings. The van der Waals surface area contributed by atoms with Crippen LogP contribution in [0.1, 0.15) is 32.6 Å². The molecule has 84 valence electrons. The second-order valence-electron chi connectivity index (χ2n) is 3.74. The lowest BCUT2D eigenvalue weighted by Gasteiger charge is -2.23. The van der Waals surface area contributed by atoms with Crippen LogP contribution in [0.2, 0.25) is 0 Å². The SMILES string of the molecule is CCOCCOCC[C@H]1CCCCN1. The zero-order valence-corrected chi connectivity index (χ0v) is 9.26. The summed E-state index contributed by atoms with van der Waals surface area (Å²) >= 11 is 0. The zero-order valence-electron chi connectivity index (χ0n) is 9.26. The monoisotopic (exact) mass is 201 g/mol. The van der Waals surface area contributed by atoms with Gasteiger partial charge in [0, 0.05) is 19.3 Å². The molecule has 0 unspecified atom stereocenters. The molecule has 1 N–H and O–H groups in total. The van der Waals surface area contributed by atoms with E-state index in [0.29, 0.717) is 6.04 Å². The molecule has 0 aliphatic carbocycles. The molecule has 1 heterocycles. The highest BCUT2D eigenvalue weighted by Crippen LogP contribution is 2.09. The van der Waals surface area contributed by atoms with Crippen molar-refractivity contribution in [3.63, 3.8) is 0 Å². The lowest BCUT2D eigenvalue weighted by molar-refractivity contribution is 0.0483. The Morgan fingerprint density at radius 3 is 2.71 bits per heavy atom. The second-order valence-corrected chi connectivity index (χ2v) is 3.74. The fourth-order valence-electron chi connectivity index (χ4n) is 1.76. The Bertz CT molecular complexity index is 124. The minimum atomic E-state index is 0.691. The van der Waals surface area contributed by atoms with E-state index in [1.165, 1.54) is 25.8 Å². The molecular formula is C11H23NO2. The van der Waals surface area contributed by atoms with Crippen molar-refractivity contribution in [2.45, 2.75) is 38.6 Å². The van der Waals surface area contributed by atoms with E-state index in [1.54, 1.807) is 0 Å². The minimum absolute atomic E-state index is 0.691. The quantitative estimate of drug-likeness (QED) is 0.634. The maximum atomic E-state index is 5.47. The molecule has 1 rings (SSSR count). The first-order chi connectivity index (χ1) is 6.93. The predicted molar refractivity (Wildman–Crippen MR) is 57.6 cm³/mol. The number of hydrogen-bond acceptors (Lipinski definition) is 3. The van der Waals surface area contributed by atoms with Gasteiger partial charge in [0.15, 0.2) is 0 Å². The van der Waals surface area contributed by atoms with Crippen molar-refractivity contribution in [2.75, 3.05) is 33.0 Å². The van der Waals surface area contributed by atoms with Crippen molar-refractivity contribution < 1.29 is 9.47 Å². The molecule has 0 aromatic rings. The van der Waals surface area contributed by atoms with Crippen LogP contribution in [-0.2, 0) is 9.47 Å². The van der Waals surface area contributed by atoms with Gasteiger partial charge in [0.25, 0.3) is 0 Å².